The molecule has 0 radical (unpaired) electrons. The van der Waals surface area contributed by atoms with E-state index in [0.29, 0.717) is 27.8 Å². The fourth-order valence-electron chi connectivity index (χ4n) is 3.24. The molecule has 0 saturated carbocycles. The third kappa shape index (κ3) is 4.97. The van der Waals surface area contributed by atoms with Gasteiger partial charge >= 0.3 is 0 Å². The normalized spacial score (nSPS) is 11.6. The maximum atomic E-state index is 13.2. The minimum absolute atomic E-state index is 0.0315. The minimum Gasteiger partial charge on any atom is -0.470 e. The summed E-state index contributed by atoms with van der Waals surface area (Å²) in [5.74, 6) is 0.651. The van der Waals surface area contributed by atoms with Crippen LogP contribution in [0.3, 0.4) is 0 Å². The molecular weight excluding hydrogens is 497 g/mol. The second-order valence-corrected chi connectivity index (χ2v) is 9.90. The summed E-state index contributed by atoms with van der Waals surface area (Å²) in [5.41, 5.74) is 0.637. The van der Waals surface area contributed by atoms with E-state index in [-0.39, 0.29) is 23.3 Å². The highest BCUT2D eigenvalue weighted by Crippen LogP contribution is 2.29. The van der Waals surface area contributed by atoms with E-state index in [9.17, 15) is 9.90 Å². The Bertz CT molecular complexity index is 1430. The topological polar surface area (TPSA) is 103 Å². The first-order valence-electron chi connectivity index (χ1n) is 10.2. The SMILES string of the molecule is Cc1nc(COc2nc(C)n(-c3cc(-c4ccnc(C(C)(C)O)n4)ccc3Cl)c(=O)c2Cl)cs1. The number of hydrogen-bond acceptors (Lipinski definition) is 8. The summed E-state index contributed by atoms with van der Waals surface area (Å²) in [6, 6.07) is 6.85. The van der Waals surface area contributed by atoms with Crippen molar-refractivity contribution in [2.75, 3.05) is 0 Å². The van der Waals surface area contributed by atoms with E-state index < -0.39 is 11.2 Å². The Balaban J connectivity index is 1.73. The lowest BCUT2D eigenvalue weighted by molar-refractivity contribution is 0.0688. The van der Waals surface area contributed by atoms with Crippen LogP contribution in [-0.2, 0) is 12.2 Å². The zero-order valence-electron chi connectivity index (χ0n) is 18.8. The molecule has 3 aromatic heterocycles. The van der Waals surface area contributed by atoms with Gasteiger partial charge in [-0.1, -0.05) is 29.3 Å². The van der Waals surface area contributed by atoms with Gasteiger partial charge in [-0.25, -0.2) is 15.0 Å². The average Bonchev–Trinajstić information content (AvgIpc) is 3.21. The summed E-state index contributed by atoms with van der Waals surface area (Å²) in [4.78, 5) is 30.5. The third-order valence-electron chi connectivity index (χ3n) is 4.87. The predicted molar refractivity (Wildman–Crippen MR) is 132 cm³/mol. The molecule has 176 valence electrons. The number of halogens is 2. The van der Waals surface area contributed by atoms with Crippen molar-refractivity contribution in [3.05, 3.63) is 78.6 Å². The second kappa shape index (κ2) is 9.42. The van der Waals surface area contributed by atoms with E-state index in [1.165, 1.54) is 15.9 Å². The summed E-state index contributed by atoms with van der Waals surface area (Å²) < 4.78 is 7.00. The van der Waals surface area contributed by atoms with Gasteiger partial charge in [-0.15, -0.1) is 11.3 Å². The van der Waals surface area contributed by atoms with Gasteiger partial charge < -0.3 is 9.84 Å². The summed E-state index contributed by atoms with van der Waals surface area (Å²) >= 11 is 14.3. The summed E-state index contributed by atoms with van der Waals surface area (Å²) in [5, 5.41) is 13.2. The predicted octanol–water partition coefficient (Wildman–Crippen LogP) is 4.88. The van der Waals surface area contributed by atoms with Gasteiger partial charge in [-0.2, -0.15) is 4.98 Å². The van der Waals surface area contributed by atoms with E-state index in [4.69, 9.17) is 27.9 Å². The number of nitrogens with zero attached hydrogens (tertiary/aromatic N) is 5. The first kappa shape index (κ1) is 24.3. The highest BCUT2D eigenvalue weighted by atomic mass is 35.5. The third-order valence-corrected chi connectivity index (χ3v) is 6.34. The van der Waals surface area contributed by atoms with Crippen LogP contribution in [0, 0.1) is 13.8 Å². The lowest BCUT2D eigenvalue weighted by Crippen LogP contribution is -2.24. The number of aliphatic hydroxyl groups is 1. The molecule has 34 heavy (non-hydrogen) atoms. The first-order valence-corrected chi connectivity index (χ1v) is 11.9. The van der Waals surface area contributed by atoms with Gasteiger partial charge in [0.2, 0.25) is 5.88 Å². The van der Waals surface area contributed by atoms with Crippen LogP contribution in [0.15, 0.2) is 40.6 Å². The Morgan fingerprint density at radius 1 is 1.15 bits per heavy atom. The number of aromatic nitrogens is 5. The van der Waals surface area contributed by atoms with Gasteiger partial charge in [0.1, 0.15) is 18.0 Å². The van der Waals surface area contributed by atoms with Crippen molar-refractivity contribution in [1.82, 2.24) is 24.5 Å². The van der Waals surface area contributed by atoms with Gasteiger partial charge in [0.25, 0.3) is 5.56 Å². The Labute approximate surface area is 209 Å². The second-order valence-electron chi connectivity index (χ2n) is 8.06. The maximum absolute atomic E-state index is 13.2. The molecule has 0 saturated heterocycles. The monoisotopic (exact) mass is 517 g/mol. The highest BCUT2D eigenvalue weighted by molar-refractivity contribution is 7.09. The highest BCUT2D eigenvalue weighted by Gasteiger charge is 2.21. The standard InChI is InChI=1S/C23H21Cl2N5O3S/c1-12-27-20(33-10-15-11-34-13(2)28-15)19(25)21(31)30(12)18-9-14(5-6-16(18)24)17-7-8-26-22(29-17)23(3,4)32/h5-9,11,32H,10H2,1-4H3. The first-order chi connectivity index (χ1) is 16.0. The number of benzene rings is 1. The van der Waals surface area contributed by atoms with Gasteiger partial charge in [0.05, 0.1) is 27.1 Å². The van der Waals surface area contributed by atoms with E-state index in [1.54, 1.807) is 51.2 Å². The van der Waals surface area contributed by atoms with E-state index in [2.05, 4.69) is 19.9 Å². The zero-order chi connectivity index (χ0) is 24.6. The van der Waals surface area contributed by atoms with Crippen LogP contribution in [-0.4, -0.2) is 29.6 Å². The smallest absolute Gasteiger partial charge is 0.280 e. The largest absolute Gasteiger partial charge is 0.470 e. The number of rotatable bonds is 6. The lowest BCUT2D eigenvalue weighted by Gasteiger charge is -2.17. The van der Waals surface area contributed by atoms with Gasteiger partial charge in [-0.3, -0.25) is 9.36 Å². The molecule has 4 rings (SSSR count). The molecule has 0 aliphatic carbocycles. The molecule has 4 aromatic rings. The summed E-state index contributed by atoms with van der Waals surface area (Å²) in [6.45, 7) is 6.92. The lowest BCUT2D eigenvalue weighted by atomic mass is 10.1. The van der Waals surface area contributed by atoms with E-state index in [0.717, 1.165) is 10.7 Å². The van der Waals surface area contributed by atoms with Crippen molar-refractivity contribution in [3.63, 3.8) is 0 Å². The molecule has 11 heteroatoms. The van der Waals surface area contributed by atoms with Crippen molar-refractivity contribution < 1.29 is 9.84 Å². The molecule has 0 bridgehead atoms. The Kier molecular flexibility index (Phi) is 6.73. The van der Waals surface area contributed by atoms with Crippen molar-refractivity contribution >= 4 is 34.5 Å². The van der Waals surface area contributed by atoms with Crippen LogP contribution in [0.4, 0.5) is 0 Å². The molecular formula is C23H21Cl2N5O3S. The quantitative estimate of drug-likeness (QED) is 0.388. The van der Waals surface area contributed by atoms with Gasteiger partial charge in [0.15, 0.2) is 10.8 Å². The van der Waals surface area contributed by atoms with Crippen LogP contribution in [0.1, 0.15) is 36.2 Å². The van der Waals surface area contributed by atoms with E-state index in [1.807, 2.05) is 12.3 Å². The Hall–Kier alpha value is -2.85. The molecule has 0 unspecified atom stereocenters. The zero-order valence-corrected chi connectivity index (χ0v) is 21.2. The van der Waals surface area contributed by atoms with Crippen molar-refractivity contribution in [3.8, 4) is 22.8 Å². The van der Waals surface area contributed by atoms with Crippen molar-refractivity contribution in [2.45, 2.75) is 39.9 Å². The van der Waals surface area contributed by atoms with Crippen LogP contribution in [0.5, 0.6) is 5.88 Å². The van der Waals surface area contributed by atoms with Crippen LogP contribution >= 0.6 is 34.5 Å². The van der Waals surface area contributed by atoms with E-state index >= 15 is 0 Å². The fraction of sp³-hybridized carbons (Fsp3) is 0.261. The summed E-state index contributed by atoms with van der Waals surface area (Å²) in [7, 11) is 0. The van der Waals surface area contributed by atoms with Gasteiger partial charge in [0, 0.05) is 17.1 Å². The Morgan fingerprint density at radius 3 is 2.59 bits per heavy atom. The molecule has 3 heterocycles. The van der Waals surface area contributed by atoms with Crippen LogP contribution in [0.25, 0.3) is 16.9 Å². The number of hydrogen-bond donors (Lipinski definition) is 1. The molecule has 0 aliphatic rings. The van der Waals surface area contributed by atoms with Crippen LogP contribution < -0.4 is 10.3 Å². The number of ether oxygens (including phenoxy) is 1. The molecule has 0 amide bonds. The van der Waals surface area contributed by atoms with Crippen molar-refractivity contribution in [1.29, 1.82) is 0 Å². The Morgan fingerprint density at radius 2 is 1.91 bits per heavy atom. The van der Waals surface area contributed by atoms with Gasteiger partial charge in [-0.05, 0) is 45.9 Å². The molecule has 0 fully saturated rings. The summed E-state index contributed by atoms with van der Waals surface area (Å²) in [6.07, 6.45) is 1.57. The fourth-order valence-corrected chi connectivity index (χ4v) is 4.22. The van der Waals surface area contributed by atoms with Crippen LogP contribution in [0.2, 0.25) is 10.0 Å². The molecule has 1 aromatic carbocycles. The number of aryl methyl sites for hydroxylation is 2. The molecule has 8 nitrogen and oxygen atoms in total. The average molecular weight is 518 g/mol. The maximum Gasteiger partial charge on any atom is 0.280 e. The number of thiazole rings is 1. The molecule has 0 spiro atoms. The molecule has 0 atom stereocenters. The minimum atomic E-state index is -1.21. The molecule has 1 N–H and O–H groups in total. The molecule has 0 aliphatic heterocycles. The van der Waals surface area contributed by atoms with Crippen molar-refractivity contribution in [2.24, 2.45) is 0 Å².